The van der Waals surface area contributed by atoms with Crippen LogP contribution in [0.4, 0.5) is 0 Å². The van der Waals surface area contributed by atoms with Gasteiger partial charge in [0.25, 0.3) is 5.56 Å². The van der Waals surface area contributed by atoms with Crippen molar-refractivity contribution in [1.82, 2.24) is 28.0 Å². The molecule has 0 bridgehead atoms. The molecular weight excluding hydrogens is 356 g/mol. The minimum absolute atomic E-state index is 0.232. The Morgan fingerprint density at radius 2 is 1.79 bits per heavy atom. The number of aryl methyl sites for hydroxylation is 2. The first-order chi connectivity index (χ1) is 13.4. The van der Waals surface area contributed by atoms with Crippen molar-refractivity contribution in [2.24, 2.45) is 7.05 Å². The van der Waals surface area contributed by atoms with Crippen LogP contribution in [0.2, 0.25) is 0 Å². The van der Waals surface area contributed by atoms with Gasteiger partial charge in [-0.05, 0) is 26.6 Å². The molecule has 0 saturated heterocycles. The van der Waals surface area contributed by atoms with Gasteiger partial charge in [-0.3, -0.25) is 18.3 Å². The molecule has 28 heavy (non-hydrogen) atoms. The van der Waals surface area contributed by atoms with Crippen molar-refractivity contribution in [1.29, 1.82) is 0 Å². The van der Waals surface area contributed by atoms with Gasteiger partial charge in [0.15, 0.2) is 11.2 Å². The van der Waals surface area contributed by atoms with E-state index in [9.17, 15) is 9.59 Å². The molecule has 0 unspecified atom stereocenters. The van der Waals surface area contributed by atoms with Crippen LogP contribution in [0, 0.1) is 6.92 Å². The molecule has 3 heterocycles. The Hall–Kier alpha value is -3.13. The molecule has 0 aliphatic heterocycles. The van der Waals surface area contributed by atoms with Crippen LogP contribution in [0.25, 0.3) is 16.9 Å². The summed E-state index contributed by atoms with van der Waals surface area (Å²) >= 11 is 0. The number of likely N-dealkylation sites (N-methyl/N-ethyl adjacent to an activating group) is 1. The van der Waals surface area contributed by atoms with Gasteiger partial charge >= 0.3 is 5.69 Å². The van der Waals surface area contributed by atoms with Gasteiger partial charge in [-0.1, -0.05) is 30.3 Å². The maximum absolute atomic E-state index is 13.2. The van der Waals surface area contributed by atoms with Gasteiger partial charge in [0, 0.05) is 32.0 Å². The Labute approximate surface area is 161 Å². The molecule has 0 radical (unpaired) electrons. The Morgan fingerprint density at radius 1 is 1.07 bits per heavy atom. The minimum Gasteiger partial charge on any atom is -0.313 e. The topological polar surface area (TPSA) is 69.5 Å². The molecule has 8 heteroatoms. The fraction of sp³-hybridized carbons (Fsp3) is 0.350. The molecule has 0 N–H and O–H groups in total. The van der Waals surface area contributed by atoms with E-state index in [4.69, 9.17) is 0 Å². The zero-order chi connectivity index (χ0) is 20.0. The van der Waals surface area contributed by atoms with Gasteiger partial charge in [-0.2, -0.15) is 4.98 Å². The van der Waals surface area contributed by atoms with E-state index < -0.39 is 0 Å². The van der Waals surface area contributed by atoms with Crippen molar-refractivity contribution in [3.05, 3.63) is 68.6 Å². The van der Waals surface area contributed by atoms with Gasteiger partial charge < -0.3 is 9.47 Å². The number of hydrogen-bond acceptors (Lipinski definition) is 4. The predicted molar refractivity (Wildman–Crippen MR) is 109 cm³/mol. The first-order valence-electron chi connectivity index (χ1n) is 9.25. The molecular formula is C20H24N6O2. The van der Waals surface area contributed by atoms with Gasteiger partial charge in [-0.25, -0.2) is 4.79 Å². The minimum atomic E-state index is -0.362. The largest absolute Gasteiger partial charge is 0.332 e. The molecule has 4 rings (SSSR count). The molecule has 0 spiro atoms. The van der Waals surface area contributed by atoms with Gasteiger partial charge in [0.2, 0.25) is 5.78 Å². The fourth-order valence-electron chi connectivity index (χ4n) is 3.54. The molecule has 4 aromatic rings. The third kappa shape index (κ3) is 2.86. The Bertz CT molecular complexity index is 1270. The molecule has 146 valence electrons. The van der Waals surface area contributed by atoms with E-state index >= 15 is 0 Å². The van der Waals surface area contributed by atoms with Crippen LogP contribution >= 0.6 is 0 Å². The van der Waals surface area contributed by atoms with Gasteiger partial charge in [-0.15, -0.1) is 0 Å². The number of nitrogens with zero attached hydrogens (tertiary/aromatic N) is 6. The van der Waals surface area contributed by atoms with Gasteiger partial charge in [0.1, 0.15) is 0 Å². The molecule has 3 aromatic heterocycles. The maximum atomic E-state index is 13.2. The lowest BCUT2D eigenvalue weighted by atomic mass is 10.2. The Balaban J connectivity index is 1.95. The van der Waals surface area contributed by atoms with E-state index in [1.54, 1.807) is 7.05 Å². The summed E-state index contributed by atoms with van der Waals surface area (Å²) in [5.74, 6) is 0.680. The molecule has 0 amide bonds. The zero-order valence-electron chi connectivity index (χ0n) is 16.6. The van der Waals surface area contributed by atoms with E-state index in [0.29, 0.717) is 16.9 Å². The highest BCUT2D eigenvalue weighted by atomic mass is 16.2. The fourth-order valence-corrected chi connectivity index (χ4v) is 3.54. The lowest BCUT2D eigenvalue weighted by Crippen LogP contribution is -2.39. The second-order valence-corrected chi connectivity index (χ2v) is 7.40. The first kappa shape index (κ1) is 18.2. The predicted octanol–water partition coefficient (Wildman–Crippen LogP) is 1.07. The van der Waals surface area contributed by atoms with Crippen LogP contribution in [0.15, 0.2) is 46.1 Å². The van der Waals surface area contributed by atoms with E-state index in [-0.39, 0.29) is 17.8 Å². The summed E-state index contributed by atoms with van der Waals surface area (Å²) in [5, 5.41) is 0. The Kier molecular flexibility index (Phi) is 4.43. The highest BCUT2D eigenvalue weighted by Crippen LogP contribution is 2.16. The van der Waals surface area contributed by atoms with Crippen molar-refractivity contribution in [2.45, 2.75) is 20.0 Å². The summed E-state index contributed by atoms with van der Waals surface area (Å²) in [5.41, 5.74) is 2.08. The summed E-state index contributed by atoms with van der Waals surface area (Å²) in [4.78, 5) is 32.8. The number of aromatic nitrogens is 5. The third-order valence-corrected chi connectivity index (χ3v) is 5.09. The third-order valence-electron chi connectivity index (χ3n) is 5.09. The monoisotopic (exact) mass is 380 g/mol. The molecule has 0 fully saturated rings. The summed E-state index contributed by atoms with van der Waals surface area (Å²) < 4.78 is 6.62. The van der Waals surface area contributed by atoms with Crippen molar-refractivity contribution >= 4 is 16.9 Å². The summed E-state index contributed by atoms with van der Waals surface area (Å²) in [6.07, 6.45) is 1.92. The maximum Gasteiger partial charge on any atom is 0.332 e. The van der Waals surface area contributed by atoms with Crippen molar-refractivity contribution in [2.75, 3.05) is 20.6 Å². The van der Waals surface area contributed by atoms with Crippen LogP contribution in [0.3, 0.4) is 0 Å². The van der Waals surface area contributed by atoms with Gasteiger partial charge in [0.05, 0.1) is 6.54 Å². The van der Waals surface area contributed by atoms with Crippen molar-refractivity contribution < 1.29 is 0 Å². The van der Waals surface area contributed by atoms with Crippen LogP contribution in [0.1, 0.15) is 11.3 Å². The number of fused-ring (bicyclic) bond motifs is 3. The average Bonchev–Trinajstić information content (AvgIpc) is 3.17. The number of imidazole rings is 2. The summed E-state index contributed by atoms with van der Waals surface area (Å²) in [6.45, 7) is 3.84. The molecule has 0 aliphatic carbocycles. The second-order valence-electron chi connectivity index (χ2n) is 7.40. The molecule has 0 saturated carbocycles. The number of benzene rings is 1. The molecule has 0 aliphatic rings. The smallest absolute Gasteiger partial charge is 0.313 e. The summed E-state index contributed by atoms with van der Waals surface area (Å²) in [6, 6.07) is 9.52. The van der Waals surface area contributed by atoms with Crippen LogP contribution in [0.5, 0.6) is 0 Å². The lowest BCUT2D eigenvalue weighted by molar-refractivity contribution is 0.384. The van der Waals surface area contributed by atoms with Crippen molar-refractivity contribution in [3.8, 4) is 0 Å². The van der Waals surface area contributed by atoms with Crippen LogP contribution in [-0.2, 0) is 20.1 Å². The standard InChI is InChI=1S/C20H24N6O2/c1-14-12-25-16-17(21-19(25)24(14)11-10-22(2)3)23(4)20(28)26(18(16)27)13-15-8-6-5-7-9-15/h5-9,12H,10-11,13H2,1-4H3. The van der Waals surface area contributed by atoms with Crippen molar-refractivity contribution in [3.63, 3.8) is 0 Å². The molecule has 0 atom stereocenters. The van der Waals surface area contributed by atoms with Crippen LogP contribution in [-0.4, -0.2) is 48.6 Å². The molecule has 1 aromatic carbocycles. The SMILES string of the molecule is Cc1cn2c3c(=O)n(Cc4ccccc4)c(=O)n(C)c3nc2n1CCN(C)C. The molecule has 8 nitrogen and oxygen atoms in total. The zero-order valence-corrected chi connectivity index (χ0v) is 16.6. The van der Waals surface area contributed by atoms with E-state index in [1.165, 1.54) is 9.13 Å². The first-order valence-corrected chi connectivity index (χ1v) is 9.25. The number of hydrogen-bond donors (Lipinski definition) is 0. The Morgan fingerprint density at radius 3 is 2.46 bits per heavy atom. The normalized spacial score (nSPS) is 11.9. The highest BCUT2D eigenvalue weighted by Gasteiger charge is 2.20. The number of rotatable bonds is 5. The average molecular weight is 380 g/mol. The van der Waals surface area contributed by atoms with Crippen LogP contribution < -0.4 is 11.2 Å². The lowest BCUT2D eigenvalue weighted by Gasteiger charge is -2.11. The highest BCUT2D eigenvalue weighted by molar-refractivity contribution is 5.75. The second kappa shape index (κ2) is 6.79. The van der Waals surface area contributed by atoms with E-state index in [2.05, 4.69) is 14.5 Å². The van der Waals surface area contributed by atoms with E-state index in [1.807, 2.05) is 61.9 Å². The van der Waals surface area contributed by atoms with E-state index in [0.717, 1.165) is 24.3 Å². The summed E-state index contributed by atoms with van der Waals surface area (Å²) in [7, 11) is 5.70. The quantitative estimate of drug-likeness (QED) is 0.519.